The van der Waals surface area contributed by atoms with E-state index in [1.54, 1.807) is 4.52 Å². The minimum Gasteiger partial charge on any atom is -0.339 e. The summed E-state index contributed by atoms with van der Waals surface area (Å²) in [7, 11) is 0. The summed E-state index contributed by atoms with van der Waals surface area (Å²) in [5.74, 6) is 0.722. The van der Waals surface area contributed by atoms with Crippen LogP contribution in [0.5, 0.6) is 0 Å². The topological polar surface area (TPSA) is 59.5 Å². The molecule has 0 bridgehead atoms. The highest BCUT2D eigenvalue weighted by molar-refractivity contribution is 9.10. The molecule has 6 heteroatoms. The lowest BCUT2D eigenvalue weighted by Gasteiger charge is -2.16. The maximum atomic E-state index is 5.55. The van der Waals surface area contributed by atoms with Crippen LogP contribution < -0.4 is 10.6 Å². The van der Waals surface area contributed by atoms with Crippen molar-refractivity contribution in [3.8, 4) is 0 Å². The van der Waals surface area contributed by atoms with Gasteiger partial charge in [0.2, 0.25) is 5.95 Å². The molecule has 0 spiro atoms. The van der Waals surface area contributed by atoms with Gasteiger partial charge in [-0.3, -0.25) is 0 Å². The molecule has 0 saturated carbocycles. The van der Waals surface area contributed by atoms with Gasteiger partial charge in [0.1, 0.15) is 0 Å². The van der Waals surface area contributed by atoms with E-state index in [2.05, 4.69) is 37.8 Å². The van der Waals surface area contributed by atoms with E-state index in [1.165, 1.54) is 0 Å². The number of nitrogens with two attached hydrogens (primary N) is 1. The van der Waals surface area contributed by atoms with Gasteiger partial charge in [-0.05, 0) is 35.0 Å². The Labute approximate surface area is 102 Å². The van der Waals surface area contributed by atoms with Gasteiger partial charge in [0.05, 0.1) is 4.47 Å². The highest BCUT2D eigenvalue weighted by Crippen LogP contribution is 2.18. The normalized spacial score (nSPS) is 10.9. The average Bonchev–Trinajstić information content (AvgIpc) is 2.71. The summed E-state index contributed by atoms with van der Waals surface area (Å²) in [6.07, 6.45) is 1.88. The summed E-state index contributed by atoms with van der Waals surface area (Å²) in [6.45, 7) is 4.29. The van der Waals surface area contributed by atoms with Crippen molar-refractivity contribution in [2.45, 2.75) is 6.92 Å². The van der Waals surface area contributed by atoms with E-state index in [1.807, 2.05) is 18.3 Å². The number of fused-ring (bicyclic) bond motifs is 1. The van der Waals surface area contributed by atoms with E-state index in [0.717, 1.165) is 29.2 Å². The molecule has 2 aromatic heterocycles. The zero-order valence-electron chi connectivity index (χ0n) is 9.10. The molecule has 0 aromatic carbocycles. The number of aromatic nitrogens is 3. The highest BCUT2D eigenvalue weighted by Gasteiger charge is 2.11. The Bertz CT molecular complexity index is 481. The molecule has 0 radical (unpaired) electrons. The Morgan fingerprint density at radius 3 is 3.00 bits per heavy atom. The van der Waals surface area contributed by atoms with Gasteiger partial charge in [-0.25, -0.2) is 4.52 Å². The average molecular weight is 284 g/mol. The van der Waals surface area contributed by atoms with Crippen LogP contribution in [0.2, 0.25) is 0 Å². The van der Waals surface area contributed by atoms with E-state index in [0.29, 0.717) is 6.54 Å². The van der Waals surface area contributed by atoms with Gasteiger partial charge in [-0.2, -0.15) is 4.98 Å². The molecule has 5 nitrogen and oxygen atoms in total. The predicted octanol–water partition coefficient (Wildman–Crippen LogP) is 1.28. The van der Waals surface area contributed by atoms with Crippen molar-refractivity contribution in [3.05, 3.63) is 22.8 Å². The Kier molecular flexibility index (Phi) is 3.40. The maximum absolute atomic E-state index is 5.55. The Morgan fingerprint density at radius 2 is 2.38 bits per heavy atom. The minimum atomic E-state index is 0.602. The minimum absolute atomic E-state index is 0.602. The van der Waals surface area contributed by atoms with Crippen LogP contribution in [-0.4, -0.2) is 34.2 Å². The van der Waals surface area contributed by atoms with Crippen LogP contribution >= 0.6 is 15.9 Å². The molecule has 0 aliphatic carbocycles. The number of hydrogen-bond acceptors (Lipinski definition) is 4. The molecule has 0 saturated heterocycles. The number of rotatable bonds is 4. The largest absolute Gasteiger partial charge is 0.339 e. The number of pyridine rings is 1. The van der Waals surface area contributed by atoms with Gasteiger partial charge in [0.15, 0.2) is 5.65 Å². The van der Waals surface area contributed by atoms with Crippen molar-refractivity contribution in [1.29, 1.82) is 0 Å². The summed E-state index contributed by atoms with van der Waals surface area (Å²) in [4.78, 5) is 6.53. The Hall–Kier alpha value is -1.14. The van der Waals surface area contributed by atoms with Gasteiger partial charge in [0, 0.05) is 25.8 Å². The summed E-state index contributed by atoms with van der Waals surface area (Å²) in [6, 6.07) is 3.88. The van der Waals surface area contributed by atoms with Crippen molar-refractivity contribution in [1.82, 2.24) is 14.6 Å². The molecule has 2 aromatic rings. The van der Waals surface area contributed by atoms with Crippen LogP contribution in [0.3, 0.4) is 0 Å². The first-order valence-electron chi connectivity index (χ1n) is 5.22. The molecular formula is C10H14BrN5. The summed E-state index contributed by atoms with van der Waals surface area (Å²) in [5, 5.41) is 4.41. The molecule has 2 rings (SSSR count). The highest BCUT2D eigenvalue weighted by atomic mass is 79.9. The lowest BCUT2D eigenvalue weighted by molar-refractivity contribution is 0.779. The van der Waals surface area contributed by atoms with Gasteiger partial charge < -0.3 is 10.6 Å². The van der Waals surface area contributed by atoms with Gasteiger partial charge in [-0.15, -0.1) is 5.10 Å². The van der Waals surface area contributed by atoms with Gasteiger partial charge in [-0.1, -0.05) is 0 Å². The molecule has 0 unspecified atom stereocenters. The molecular weight excluding hydrogens is 270 g/mol. The smallest absolute Gasteiger partial charge is 0.245 e. The molecule has 0 aliphatic heterocycles. The predicted molar refractivity (Wildman–Crippen MR) is 67.6 cm³/mol. The van der Waals surface area contributed by atoms with Crippen LogP contribution in [-0.2, 0) is 0 Å². The Morgan fingerprint density at radius 1 is 1.56 bits per heavy atom. The van der Waals surface area contributed by atoms with Crippen LogP contribution in [0.25, 0.3) is 5.65 Å². The Balaban J connectivity index is 2.42. The molecule has 0 fully saturated rings. The number of anilines is 1. The first kappa shape index (κ1) is 11.3. The molecule has 2 N–H and O–H groups in total. The van der Waals surface area contributed by atoms with E-state index in [-0.39, 0.29) is 0 Å². The third kappa shape index (κ3) is 2.03. The number of likely N-dealkylation sites (N-methyl/N-ethyl adjacent to an activating group) is 1. The maximum Gasteiger partial charge on any atom is 0.245 e. The van der Waals surface area contributed by atoms with Gasteiger partial charge in [0.25, 0.3) is 0 Å². The van der Waals surface area contributed by atoms with Crippen molar-refractivity contribution in [2.75, 3.05) is 24.5 Å². The van der Waals surface area contributed by atoms with E-state index in [9.17, 15) is 0 Å². The second kappa shape index (κ2) is 4.80. The second-order valence-electron chi connectivity index (χ2n) is 3.40. The molecule has 0 amide bonds. The molecule has 0 aliphatic rings. The first-order chi connectivity index (χ1) is 7.76. The van der Waals surface area contributed by atoms with Crippen LogP contribution in [0.15, 0.2) is 22.8 Å². The van der Waals surface area contributed by atoms with E-state index >= 15 is 0 Å². The quantitative estimate of drug-likeness (QED) is 0.918. The fourth-order valence-electron chi connectivity index (χ4n) is 1.55. The molecule has 86 valence electrons. The zero-order valence-corrected chi connectivity index (χ0v) is 10.7. The molecule has 2 heterocycles. The first-order valence-corrected chi connectivity index (χ1v) is 6.01. The third-order valence-corrected chi connectivity index (χ3v) is 2.99. The molecule has 16 heavy (non-hydrogen) atoms. The zero-order chi connectivity index (χ0) is 11.5. The van der Waals surface area contributed by atoms with Gasteiger partial charge >= 0.3 is 0 Å². The summed E-state index contributed by atoms with van der Waals surface area (Å²) >= 11 is 3.45. The SMILES string of the molecule is CCN(CCN)c1nc2c(Br)cccn2n1. The lowest BCUT2D eigenvalue weighted by Crippen LogP contribution is -2.30. The van der Waals surface area contributed by atoms with Crippen molar-refractivity contribution in [2.24, 2.45) is 5.73 Å². The summed E-state index contributed by atoms with van der Waals surface area (Å²) < 4.78 is 2.70. The van der Waals surface area contributed by atoms with E-state index < -0.39 is 0 Å². The standard InChI is InChI=1S/C10H14BrN5/c1-2-15(7-5-12)10-13-9-8(11)4-3-6-16(9)14-10/h3-4,6H,2,5,7,12H2,1H3. The fraction of sp³-hybridized carbons (Fsp3) is 0.400. The molecule has 0 atom stereocenters. The second-order valence-corrected chi connectivity index (χ2v) is 4.26. The third-order valence-electron chi connectivity index (χ3n) is 2.37. The van der Waals surface area contributed by atoms with E-state index in [4.69, 9.17) is 5.73 Å². The van der Waals surface area contributed by atoms with Crippen LogP contribution in [0.1, 0.15) is 6.92 Å². The number of halogens is 1. The monoisotopic (exact) mass is 283 g/mol. The van der Waals surface area contributed by atoms with Crippen LogP contribution in [0, 0.1) is 0 Å². The number of nitrogens with zero attached hydrogens (tertiary/aromatic N) is 4. The van der Waals surface area contributed by atoms with Crippen molar-refractivity contribution >= 4 is 27.5 Å². The number of hydrogen-bond donors (Lipinski definition) is 1. The van der Waals surface area contributed by atoms with Crippen molar-refractivity contribution < 1.29 is 0 Å². The lowest BCUT2D eigenvalue weighted by atomic mass is 10.5. The fourth-order valence-corrected chi connectivity index (χ4v) is 1.97. The van der Waals surface area contributed by atoms with Crippen LogP contribution in [0.4, 0.5) is 5.95 Å². The summed E-state index contributed by atoms with van der Waals surface area (Å²) in [5.41, 5.74) is 6.38. The van der Waals surface area contributed by atoms with Crippen molar-refractivity contribution in [3.63, 3.8) is 0 Å².